The first kappa shape index (κ1) is 23.6. The number of ether oxygens (including phenoxy) is 2. The number of nitrogens with two attached hydrogens (primary N) is 1. The number of primary amides is 1. The predicted molar refractivity (Wildman–Crippen MR) is 137 cm³/mol. The Morgan fingerprint density at radius 3 is 2.58 bits per heavy atom. The highest BCUT2D eigenvalue weighted by Crippen LogP contribution is 2.40. The van der Waals surface area contributed by atoms with E-state index < -0.39 is 5.91 Å². The molecular formula is C27H29N5O4. The maximum absolute atomic E-state index is 12.4. The van der Waals surface area contributed by atoms with Crippen LogP contribution in [0.5, 0.6) is 5.75 Å². The number of benzene rings is 2. The van der Waals surface area contributed by atoms with Gasteiger partial charge in [0.1, 0.15) is 11.6 Å². The van der Waals surface area contributed by atoms with Crippen molar-refractivity contribution in [2.45, 2.75) is 18.9 Å². The van der Waals surface area contributed by atoms with E-state index in [1.807, 2.05) is 54.6 Å². The van der Waals surface area contributed by atoms with E-state index in [0.29, 0.717) is 49.5 Å². The fourth-order valence-corrected chi connectivity index (χ4v) is 4.23. The van der Waals surface area contributed by atoms with Gasteiger partial charge in [-0.25, -0.2) is 4.98 Å². The summed E-state index contributed by atoms with van der Waals surface area (Å²) in [5.41, 5.74) is 8.54. The maximum atomic E-state index is 12.4. The van der Waals surface area contributed by atoms with E-state index in [-0.39, 0.29) is 12.5 Å². The number of morpholine rings is 1. The lowest BCUT2D eigenvalue weighted by Crippen LogP contribution is -2.42. The van der Waals surface area contributed by atoms with E-state index in [1.165, 1.54) is 6.20 Å². The van der Waals surface area contributed by atoms with Gasteiger partial charge in [-0.1, -0.05) is 24.3 Å². The number of para-hydroxylation sites is 1. The predicted octanol–water partition coefficient (Wildman–Crippen LogP) is 3.46. The third-order valence-corrected chi connectivity index (χ3v) is 6.19. The largest absolute Gasteiger partial charge is 0.484 e. The van der Waals surface area contributed by atoms with Crippen LogP contribution >= 0.6 is 0 Å². The number of aromatic nitrogens is 1. The number of hydrogen-bond donors (Lipinski definition) is 2. The molecule has 1 aliphatic heterocycles. The van der Waals surface area contributed by atoms with E-state index in [2.05, 4.69) is 15.2 Å². The van der Waals surface area contributed by atoms with E-state index >= 15 is 0 Å². The summed E-state index contributed by atoms with van der Waals surface area (Å²) >= 11 is 0. The Bertz CT molecular complexity index is 1230. The third kappa shape index (κ3) is 5.58. The van der Waals surface area contributed by atoms with Crippen molar-refractivity contribution in [3.8, 4) is 5.75 Å². The minimum atomic E-state index is -0.522. The summed E-state index contributed by atoms with van der Waals surface area (Å²) in [7, 11) is 0. The summed E-state index contributed by atoms with van der Waals surface area (Å²) in [6.07, 6.45) is 3.60. The van der Waals surface area contributed by atoms with Gasteiger partial charge >= 0.3 is 0 Å². The van der Waals surface area contributed by atoms with Gasteiger partial charge in [0.25, 0.3) is 11.8 Å². The van der Waals surface area contributed by atoms with Crippen LogP contribution in [0.3, 0.4) is 0 Å². The Kier molecular flexibility index (Phi) is 6.99. The Hall–Kier alpha value is -4.11. The molecule has 0 radical (unpaired) electrons. The lowest BCUT2D eigenvalue weighted by atomic mass is 10.1. The van der Waals surface area contributed by atoms with E-state index in [0.717, 1.165) is 29.9 Å². The molecule has 9 heteroatoms. The highest BCUT2D eigenvalue weighted by Gasteiger charge is 2.32. The molecule has 36 heavy (non-hydrogen) atoms. The number of anilines is 4. The third-order valence-electron chi connectivity index (χ3n) is 6.19. The topological polar surface area (TPSA) is 110 Å². The molecule has 0 atom stereocenters. The molecule has 2 aromatic carbocycles. The maximum Gasteiger partial charge on any atom is 0.260 e. The average molecular weight is 488 g/mol. The first-order valence-corrected chi connectivity index (χ1v) is 12.1. The van der Waals surface area contributed by atoms with Gasteiger partial charge in [0.15, 0.2) is 6.61 Å². The fourth-order valence-electron chi connectivity index (χ4n) is 4.23. The highest BCUT2D eigenvalue weighted by atomic mass is 16.5. The van der Waals surface area contributed by atoms with Gasteiger partial charge in [0, 0.05) is 48.8 Å². The van der Waals surface area contributed by atoms with Crippen molar-refractivity contribution in [1.82, 2.24) is 9.88 Å². The SMILES string of the molecule is NC(=O)c1cnc(Nc2cccc(OCC(=O)N3CCOCC3)c2)cc1N(c1ccccc1)C1CC1. The van der Waals surface area contributed by atoms with Gasteiger partial charge in [-0.15, -0.1) is 0 Å². The fraction of sp³-hybridized carbons (Fsp3) is 0.296. The van der Waals surface area contributed by atoms with Gasteiger partial charge in [-0.2, -0.15) is 0 Å². The molecule has 3 N–H and O–H groups in total. The number of pyridine rings is 1. The van der Waals surface area contributed by atoms with Crippen LogP contribution in [0.25, 0.3) is 0 Å². The summed E-state index contributed by atoms with van der Waals surface area (Å²) in [6.45, 7) is 2.24. The van der Waals surface area contributed by atoms with Crippen LogP contribution in [-0.4, -0.2) is 60.7 Å². The minimum absolute atomic E-state index is 0.0351. The summed E-state index contributed by atoms with van der Waals surface area (Å²) in [5.74, 6) is 0.551. The van der Waals surface area contributed by atoms with Gasteiger partial charge in [-0.05, 0) is 37.1 Å². The molecule has 5 rings (SSSR count). The van der Waals surface area contributed by atoms with Crippen molar-refractivity contribution in [1.29, 1.82) is 0 Å². The summed E-state index contributed by atoms with van der Waals surface area (Å²) in [6, 6.07) is 19.5. The van der Waals surface area contributed by atoms with E-state index in [1.54, 1.807) is 11.0 Å². The van der Waals surface area contributed by atoms with Crippen LogP contribution in [0.15, 0.2) is 66.9 Å². The molecule has 2 fully saturated rings. The molecule has 1 saturated carbocycles. The molecule has 1 aromatic heterocycles. The first-order valence-electron chi connectivity index (χ1n) is 12.1. The molecule has 0 unspecified atom stereocenters. The smallest absolute Gasteiger partial charge is 0.260 e. The summed E-state index contributed by atoms with van der Waals surface area (Å²) in [4.78, 5) is 33.0. The second kappa shape index (κ2) is 10.7. The zero-order valence-electron chi connectivity index (χ0n) is 19.9. The zero-order chi connectivity index (χ0) is 24.9. The normalized spacial score (nSPS) is 15.3. The number of nitrogens with zero attached hydrogens (tertiary/aromatic N) is 3. The Labute approximate surface area is 209 Å². The Balaban J connectivity index is 1.34. The van der Waals surface area contributed by atoms with Gasteiger partial charge in [0.2, 0.25) is 0 Å². The lowest BCUT2D eigenvalue weighted by molar-refractivity contribution is -0.137. The van der Waals surface area contributed by atoms with Crippen molar-refractivity contribution >= 4 is 34.7 Å². The first-order chi connectivity index (χ1) is 17.6. The number of rotatable bonds is 9. The van der Waals surface area contributed by atoms with Crippen LogP contribution in [0.4, 0.5) is 22.9 Å². The number of carbonyl (C=O) groups excluding carboxylic acids is 2. The molecule has 186 valence electrons. The molecule has 9 nitrogen and oxygen atoms in total. The second-order valence-electron chi connectivity index (χ2n) is 8.82. The highest BCUT2D eigenvalue weighted by molar-refractivity contribution is 6.00. The minimum Gasteiger partial charge on any atom is -0.484 e. The van der Waals surface area contributed by atoms with E-state index in [4.69, 9.17) is 15.2 Å². The average Bonchev–Trinajstić information content (AvgIpc) is 3.74. The van der Waals surface area contributed by atoms with Crippen molar-refractivity contribution < 1.29 is 19.1 Å². The van der Waals surface area contributed by atoms with Crippen molar-refractivity contribution in [3.05, 3.63) is 72.4 Å². The van der Waals surface area contributed by atoms with Crippen molar-refractivity contribution in [2.75, 3.05) is 43.1 Å². The van der Waals surface area contributed by atoms with Crippen LogP contribution in [0, 0.1) is 0 Å². The number of nitrogens with one attached hydrogen (secondary N) is 1. The molecule has 0 bridgehead atoms. The number of carbonyl (C=O) groups is 2. The molecule has 1 saturated heterocycles. The monoisotopic (exact) mass is 487 g/mol. The zero-order valence-corrected chi connectivity index (χ0v) is 19.9. The lowest BCUT2D eigenvalue weighted by Gasteiger charge is -2.27. The molecule has 3 aromatic rings. The molecule has 2 aliphatic rings. The van der Waals surface area contributed by atoms with Gasteiger partial charge in [0.05, 0.1) is 24.5 Å². The summed E-state index contributed by atoms with van der Waals surface area (Å²) < 4.78 is 11.0. The Morgan fingerprint density at radius 2 is 1.86 bits per heavy atom. The van der Waals surface area contributed by atoms with E-state index in [9.17, 15) is 9.59 Å². The molecular weight excluding hydrogens is 458 g/mol. The summed E-state index contributed by atoms with van der Waals surface area (Å²) in [5, 5.41) is 3.29. The van der Waals surface area contributed by atoms with Gasteiger partial charge < -0.3 is 30.3 Å². The van der Waals surface area contributed by atoms with Crippen LogP contribution < -0.4 is 20.7 Å². The number of amides is 2. The van der Waals surface area contributed by atoms with Crippen molar-refractivity contribution in [3.63, 3.8) is 0 Å². The molecule has 1 aliphatic carbocycles. The van der Waals surface area contributed by atoms with Gasteiger partial charge in [-0.3, -0.25) is 9.59 Å². The number of hydrogen-bond acceptors (Lipinski definition) is 7. The Morgan fingerprint density at radius 1 is 1.08 bits per heavy atom. The second-order valence-corrected chi connectivity index (χ2v) is 8.82. The standard InChI is InChI=1S/C27H29N5O4/c28-27(34)23-17-29-25(16-24(23)32(21-9-10-21)20-6-2-1-3-7-20)30-19-5-4-8-22(15-19)36-18-26(33)31-11-13-35-14-12-31/h1-8,15-17,21H,9-14,18H2,(H2,28,34)(H,29,30). The molecule has 2 heterocycles. The van der Waals surface area contributed by atoms with Crippen LogP contribution in [0.2, 0.25) is 0 Å². The molecule has 2 amide bonds. The van der Waals surface area contributed by atoms with Crippen molar-refractivity contribution in [2.24, 2.45) is 5.73 Å². The van der Waals surface area contributed by atoms with Crippen LogP contribution in [-0.2, 0) is 9.53 Å². The quantitative estimate of drug-likeness (QED) is 0.476. The molecule has 0 spiro atoms. The van der Waals surface area contributed by atoms with Crippen LogP contribution in [0.1, 0.15) is 23.2 Å².